The molecule has 0 aliphatic heterocycles. The van der Waals surface area contributed by atoms with Crippen LogP contribution in [-0.2, 0) is 4.79 Å². The Balaban J connectivity index is 0.00000289. The van der Waals surface area contributed by atoms with E-state index in [4.69, 9.17) is 5.73 Å². The fraction of sp³-hybridized carbons (Fsp3) is 0.500. The number of rotatable bonds is 6. The van der Waals surface area contributed by atoms with E-state index in [1.54, 1.807) is 6.07 Å². The molecule has 3 N–H and O–H groups in total. The van der Waals surface area contributed by atoms with E-state index in [1.807, 2.05) is 25.3 Å². The summed E-state index contributed by atoms with van der Waals surface area (Å²) in [6, 6.07) is 3.60. The quantitative estimate of drug-likeness (QED) is 0.787. The molecule has 0 bridgehead atoms. The number of hydrogen-bond acceptors (Lipinski definition) is 4. The Morgan fingerprint density at radius 3 is 2.56 bits per heavy atom. The molecule has 0 saturated carbocycles. The lowest BCUT2D eigenvalue weighted by Gasteiger charge is -2.18. The smallest absolute Gasteiger partial charge is 0.220 e. The first-order chi connectivity index (χ1) is 7.88. The highest BCUT2D eigenvalue weighted by Crippen LogP contribution is 2.12. The Morgan fingerprint density at radius 2 is 2.06 bits per heavy atom. The molecule has 0 aliphatic carbocycles. The third-order valence-electron chi connectivity index (χ3n) is 2.12. The maximum Gasteiger partial charge on any atom is 0.220 e. The first kappa shape index (κ1) is 17.1. The molecule has 102 valence electrons. The molecular formula is C12H19ClN2O2S. The lowest BCUT2D eigenvalue weighted by Crippen LogP contribution is -2.45. The predicted octanol–water partition coefficient (Wildman–Crippen LogP) is 1.99. The van der Waals surface area contributed by atoms with Gasteiger partial charge >= 0.3 is 0 Å². The minimum absolute atomic E-state index is 0. The summed E-state index contributed by atoms with van der Waals surface area (Å²) in [5.74, 6) is -0.115. The van der Waals surface area contributed by atoms with Gasteiger partial charge in [0.25, 0.3) is 0 Å². The third kappa shape index (κ3) is 6.74. The SMILES string of the molecule is CC(C)(N)CNC(=O)CCC(=O)c1cccs1.Cl. The minimum atomic E-state index is -0.423. The Labute approximate surface area is 117 Å². The van der Waals surface area contributed by atoms with Crippen LogP contribution in [0.25, 0.3) is 0 Å². The van der Waals surface area contributed by atoms with Crippen LogP contribution >= 0.6 is 23.7 Å². The molecule has 18 heavy (non-hydrogen) atoms. The third-order valence-corrected chi connectivity index (χ3v) is 3.03. The van der Waals surface area contributed by atoms with E-state index < -0.39 is 5.54 Å². The zero-order valence-electron chi connectivity index (χ0n) is 10.6. The maximum absolute atomic E-state index is 11.6. The Hall–Kier alpha value is -0.910. The highest BCUT2D eigenvalue weighted by Gasteiger charge is 2.13. The lowest BCUT2D eigenvalue weighted by atomic mass is 10.1. The van der Waals surface area contributed by atoms with Gasteiger partial charge in [0, 0.05) is 24.9 Å². The fourth-order valence-corrected chi connectivity index (χ4v) is 1.90. The molecule has 1 rings (SSSR count). The number of hydrogen-bond donors (Lipinski definition) is 2. The monoisotopic (exact) mass is 290 g/mol. The van der Waals surface area contributed by atoms with Gasteiger partial charge in [-0.2, -0.15) is 0 Å². The highest BCUT2D eigenvalue weighted by atomic mass is 35.5. The van der Waals surface area contributed by atoms with Crippen LogP contribution in [0.5, 0.6) is 0 Å². The molecule has 0 saturated heterocycles. The van der Waals surface area contributed by atoms with Gasteiger partial charge in [0.15, 0.2) is 5.78 Å². The van der Waals surface area contributed by atoms with Crippen LogP contribution in [0, 0.1) is 0 Å². The van der Waals surface area contributed by atoms with Gasteiger partial charge in [-0.3, -0.25) is 9.59 Å². The standard InChI is InChI=1S/C12H18N2O2S.ClH/c1-12(2,13)8-14-11(16)6-5-9(15)10-4-3-7-17-10;/h3-4,7H,5-6,8,13H2,1-2H3,(H,14,16);1H. The Kier molecular flexibility index (Phi) is 7.13. The van der Waals surface area contributed by atoms with Crippen molar-refractivity contribution in [2.75, 3.05) is 6.54 Å². The van der Waals surface area contributed by atoms with Crippen LogP contribution in [0.3, 0.4) is 0 Å². The van der Waals surface area contributed by atoms with Gasteiger partial charge in [-0.25, -0.2) is 0 Å². The van der Waals surface area contributed by atoms with E-state index in [9.17, 15) is 9.59 Å². The van der Waals surface area contributed by atoms with Crippen LogP contribution in [-0.4, -0.2) is 23.8 Å². The second-order valence-corrected chi connectivity index (χ2v) is 5.61. The number of carbonyl (C=O) groups is 2. The second-order valence-electron chi connectivity index (χ2n) is 4.67. The van der Waals surface area contributed by atoms with Crippen molar-refractivity contribution in [3.05, 3.63) is 22.4 Å². The summed E-state index contributed by atoms with van der Waals surface area (Å²) < 4.78 is 0. The molecule has 0 unspecified atom stereocenters. The van der Waals surface area contributed by atoms with E-state index in [2.05, 4.69) is 5.32 Å². The number of halogens is 1. The van der Waals surface area contributed by atoms with E-state index in [-0.39, 0.29) is 36.9 Å². The number of nitrogens with two attached hydrogens (primary N) is 1. The van der Waals surface area contributed by atoms with E-state index in [1.165, 1.54) is 11.3 Å². The summed E-state index contributed by atoms with van der Waals surface area (Å²) in [5, 5.41) is 4.56. The van der Waals surface area contributed by atoms with Crippen LogP contribution in [0.2, 0.25) is 0 Å². The molecule has 4 nitrogen and oxygen atoms in total. The molecule has 0 aromatic carbocycles. The summed E-state index contributed by atoms with van der Waals surface area (Å²) in [6.07, 6.45) is 0.462. The summed E-state index contributed by atoms with van der Waals surface area (Å²) >= 11 is 1.40. The Bertz CT molecular complexity index is 385. The van der Waals surface area contributed by atoms with Crippen molar-refractivity contribution in [1.82, 2.24) is 5.32 Å². The van der Waals surface area contributed by atoms with Crippen LogP contribution < -0.4 is 11.1 Å². The number of Topliss-reactive ketones (excluding diaryl/α,β-unsaturated/α-hetero) is 1. The molecule has 6 heteroatoms. The first-order valence-corrected chi connectivity index (χ1v) is 6.39. The molecule has 0 radical (unpaired) electrons. The van der Waals surface area contributed by atoms with Crippen LogP contribution in [0.1, 0.15) is 36.4 Å². The van der Waals surface area contributed by atoms with Crippen molar-refractivity contribution >= 4 is 35.4 Å². The molecule has 0 atom stereocenters. The van der Waals surface area contributed by atoms with Gasteiger partial charge in [-0.05, 0) is 25.3 Å². The summed E-state index contributed by atoms with van der Waals surface area (Å²) in [7, 11) is 0. The average Bonchev–Trinajstić information content (AvgIpc) is 2.75. The van der Waals surface area contributed by atoms with E-state index in [0.29, 0.717) is 11.4 Å². The molecule has 0 aliphatic rings. The van der Waals surface area contributed by atoms with Crippen molar-refractivity contribution < 1.29 is 9.59 Å². The van der Waals surface area contributed by atoms with Crippen molar-refractivity contribution in [1.29, 1.82) is 0 Å². The van der Waals surface area contributed by atoms with Crippen LogP contribution in [0.15, 0.2) is 17.5 Å². The summed E-state index contributed by atoms with van der Waals surface area (Å²) in [4.78, 5) is 23.8. The van der Waals surface area contributed by atoms with Gasteiger partial charge in [0.1, 0.15) is 0 Å². The van der Waals surface area contributed by atoms with Crippen molar-refractivity contribution in [3.8, 4) is 0 Å². The van der Waals surface area contributed by atoms with Gasteiger partial charge in [0.05, 0.1) is 4.88 Å². The zero-order valence-corrected chi connectivity index (χ0v) is 12.2. The number of amides is 1. The van der Waals surface area contributed by atoms with Crippen molar-refractivity contribution in [2.24, 2.45) is 5.73 Å². The molecule has 1 amide bonds. The topological polar surface area (TPSA) is 72.2 Å². The molecule has 0 fully saturated rings. The maximum atomic E-state index is 11.6. The van der Waals surface area contributed by atoms with Gasteiger partial charge in [-0.15, -0.1) is 23.7 Å². The molecule has 1 aromatic heterocycles. The largest absolute Gasteiger partial charge is 0.354 e. The van der Waals surface area contributed by atoms with E-state index >= 15 is 0 Å². The fourth-order valence-electron chi connectivity index (χ4n) is 1.20. The average molecular weight is 291 g/mol. The van der Waals surface area contributed by atoms with Gasteiger partial charge in [0.2, 0.25) is 5.91 Å². The van der Waals surface area contributed by atoms with E-state index in [0.717, 1.165) is 0 Å². The highest BCUT2D eigenvalue weighted by molar-refractivity contribution is 7.12. The number of ketones is 1. The molecule has 1 heterocycles. The van der Waals surface area contributed by atoms with Crippen molar-refractivity contribution in [2.45, 2.75) is 32.2 Å². The van der Waals surface area contributed by atoms with Gasteiger partial charge < -0.3 is 11.1 Å². The normalized spacial score (nSPS) is 10.6. The lowest BCUT2D eigenvalue weighted by molar-refractivity contribution is -0.121. The molecule has 0 spiro atoms. The predicted molar refractivity (Wildman–Crippen MR) is 76.4 cm³/mol. The van der Waals surface area contributed by atoms with Gasteiger partial charge in [-0.1, -0.05) is 6.07 Å². The molecule has 1 aromatic rings. The number of carbonyl (C=O) groups excluding carboxylic acids is 2. The van der Waals surface area contributed by atoms with Crippen LogP contribution in [0.4, 0.5) is 0 Å². The second kappa shape index (κ2) is 7.51. The Morgan fingerprint density at radius 1 is 1.39 bits per heavy atom. The number of thiophene rings is 1. The first-order valence-electron chi connectivity index (χ1n) is 5.51. The minimum Gasteiger partial charge on any atom is -0.354 e. The summed E-state index contributed by atoms with van der Waals surface area (Å²) in [6.45, 7) is 4.09. The summed E-state index contributed by atoms with van der Waals surface area (Å²) in [5.41, 5.74) is 5.31. The van der Waals surface area contributed by atoms with Crippen molar-refractivity contribution in [3.63, 3.8) is 0 Å². The molecular weight excluding hydrogens is 272 g/mol. The zero-order chi connectivity index (χ0) is 12.9. The number of nitrogens with one attached hydrogen (secondary N) is 1.